The molecule has 0 aliphatic carbocycles. The normalized spacial score (nSPS) is 11.2. The van der Waals surface area contributed by atoms with Crippen molar-refractivity contribution in [2.75, 3.05) is 27.2 Å². The first-order valence-electron chi connectivity index (χ1n) is 9.14. The highest BCUT2D eigenvalue weighted by Crippen LogP contribution is 2.15. The van der Waals surface area contributed by atoms with E-state index in [1.165, 1.54) is 0 Å². The Balaban J connectivity index is 1.91. The number of hydrogen-bond acceptors (Lipinski definition) is 3. The fourth-order valence-electron chi connectivity index (χ4n) is 2.75. The van der Waals surface area contributed by atoms with Crippen LogP contribution in [0.15, 0.2) is 41.5 Å². The van der Waals surface area contributed by atoms with Crippen LogP contribution in [-0.4, -0.2) is 48.6 Å². The average molecular weight is 406 g/mol. The number of aryl methyl sites for hydroxylation is 1. The lowest BCUT2D eigenvalue weighted by Gasteiger charge is -2.22. The molecule has 0 spiro atoms. The Labute approximate surface area is 171 Å². The van der Waals surface area contributed by atoms with Crippen molar-refractivity contribution in [2.45, 2.75) is 20.0 Å². The van der Waals surface area contributed by atoms with Crippen molar-refractivity contribution in [3.8, 4) is 5.75 Å². The van der Waals surface area contributed by atoms with Gasteiger partial charge in [0.2, 0.25) is 0 Å². The predicted octanol–water partition coefficient (Wildman–Crippen LogP) is 2.40. The first-order chi connectivity index (χ1) is 13.4. The molecule has 0 fully saturated rings. The van der Waals surface area contributed by atoms with Crippen LogP contribution in [0.4, 0.5) is 0 Å². The first kappa shape index (κ1) is 21.6. The Morgan fingerprint density at radius 3 is 2.75 bits per heavy atom. The number of ether oxygens (including phenoxy) is 1. The van der Waals surface area contributed by atoms with Gasteiger partial charge in [0, 0.05) is 46.1 Å². The van der Waals surface area contributed by atoms with Crippen molar-refractivity contribution in [2.24, 2.45) is 12.0 Å². The third kappa shape index (κ3) is 6.49. The molecule has 0 saturated heterocycles. The number of carbonyl (C=O) groups is 1. The summed E-state index contributed by atoms with van der Waals surface area (Å²) >= 11 is 6.06. The molecule has 1 amide bonds. The average Bonchev–Trinajstić information content (AvgIpc) is 2.98. The summed E-state index contributed by atoms with van der Waals surface area (Å²) in [5.74, 6) is 1.30. The summed E-state index contributed by atoms with van der Waals surface area (Å²) in [5.41, 5.74) is 2.13. The van der Waals surface area contributed by atoms with Gasteiger partial charge in [0.1, 0.15) is 5.75 Å². The Hall–Kier alpha value is -2.67. The van der Waals surface area contributed by atoms with Gasteiger partial charge in [0.05, 0.1) is 11.6 Å². The molecule has 0 atom stereocenters. The molecule has 152 valence electrons. The maximum absolute atomic E-state index is 11.5. The standard InChI is InChI=1S/C20H28ClN5O2/c1-5-23-19(27)14-28-18-8-6-7-15(9-18)11-24-20(22-2)26(4)13-17-10-16(21)12-25(17)3/h6-10,12H,5,11,13-14H2,1-4H3,(H,22,24)(H,23,27). The summed E-state index contributed by atoms with van der Waals surface area (Å²) in [4.78, 5) is 17.9. The third-order valence-corrected chi connectivity index (χ3v) is 4.35. The molecule has 0 aliphatic rings. The molecule has 1 heterocycles. The summed E-state index contributed by atoms with van der Waals surface area (Å²) in [7, 11) is 5.70. The van der Waals surface area contributed by atoms with Crippen LogP contribution in [0.1, 0.15) is 18.2 Å². The van der Waals surface area contributed by atoms with Gasteiger partial charge in [0.25, 0.3) is 5.91 Å². The molecule has 8 heteroatoms. The van der Waals surface area contributed by atoms with Gasteiger partial charge < -0.3 is 24.8 Å². The number of likely N-dealkylation sites (N-methyl/N-ethyl adjacent to an activating group) is 1. The van der Waals surface area contributed by atoms with Crippen LogP contribution in [0.25, 0.3) is 0 Å². The second-order valence-corrected chi connectivity index (χ2v) is 6.84. The number of hydrogen-bond donors (Lipinski definition) is 2. The summed E-state index contributed by atoms with van der Waals surface area (Å²) in [6.07, 6.45) is 1.88. The molecule has 2 aromatic rings. The number of benzene rings is 1. The molecule has 0 saturated carbocycles. The number of amides is 1. The van der Waals surface area contributed by atoms with Gasteiger partial charge in [-0.25, -0.2) is 0 Å². The zero-order valence-electron chi connectivity index (χ0n) is 16.8. The van der Waals surface area contributed by atoms with Crippen LogP contribution in [0, 0.1) is 0 Å². The van der Waals surface area contributed by atoms with Gasteiger partial charge in [-0.2, -0.15) is 0 Å². The van der Waals surface area contributed by atoms with E-state index in [1.54, 1.807) is 7.05 Å². The van der Waals surface area contributed by atoms with E-state index in [1.807, 2.05) is 67.0 Å². The van der Waals surface area contributed by atoms with Crippen molar-refractivity contribution in [1.29, 1.82) is 0 Å². The molecule has 1 aromatic heterocycles. The van der Waals surface area contributed by atoms with E-state index in [4.69, 9.17) is 16.3 Å². The molecule has 0 aliphatic heterocycles. The number of halogens is 1. The largest absolute Gasteiger partial charge is 0.484 e. The minimum Gasteiger partial charge on any atom is -0.484 e. The fraction of sp³-hybridized carbons (Fsp3) is 0.400. The molecular formula is C20H28ClN5O2. The Morgan fingerprint density at radius 2 is 2.11 bits per heavy atom. The third-order valence-electron chi connectivity index (χ3n) is 4.14. The Morgan fingerprint density at radius 1 is 1.32 bits per heavy atom. The van der Waals surface area contributed by atoms with E-state index >= 15 is 0 Å². The maximum Gasteiger partial charge on any atom is 0.257 e. The van der Waals surface area contributed by atoms with E-state index in [2.05, 4.69) is 15.6 Å². The minimum atomic E-state index is -0.131. The van der Waals surface area contributed by atoms with E-state index in [0.29, 0.717) is 25.4 Å². The van der Waals surface area contributed by atoms with Gasteiger partial charge >= 0.3 is 0 Å². The summed E-state index contributed by atoms with van der Waals surface area (Å²) in [5, 5.41) is 6.77. The number of carbonyl (C=O) groups excluding carboxylic acids is 1. The molecule has 0 radical (unpaired) electrons. The lowest BCUT2D eigenvalue weighted by Crippen LogP contribution is -2.38. The second kappa shape index (κ2) is 10.6. The smallest absolute Gasteiger partial charge is 0.257 e. The summed E-state index contributed by atoms with van der Waals surface area (Å²) in [6.45, 7) is 3.74. The number of aromatic nitrogens is 1. The van der Waals surface area contributed by atoms with Crippen LogP contribution < -0.4 is 15.4 Å². The molecule has 1 aromatic carbocycles. The van der Waals surface area contributed by atoms with Crippen LogP contribution in [0.5, 0.6) is 5.75 Å². The van der Waals surface area contributed by atoms with Crippen LogP contribution in [0.2, 0.25) is 5.02 Å². The SMILES string of the molecule is CCNC(=O)COc1cccc(CNC(=NC)N(C)Cc2cc(Cl)cn2C)c1. The zero-order chi connectivity index (χ0) is 20.5. The fourth-order valence-corrected chi connectivity index (χ4v) is 3.02. The highest BCUT2D eigenvalue weighted by Gasteiger charge is 2.10. The summed E-state index contributed by atoms with van der Waals surface area (Å²) < 4.78 is 7.54. The van der Waals surface area contributed by atoms with Crippen molar-refractivity contribution in [3.63, 3.8) is 0 Å². The molecule has 0 unspecified atom stereocenters. The molecule has 2 N–H and O–H groups in total. The topological polar surface area (TPSA) is 70.9 Å². The monoisotopic (exact) mass is 405 g/mol. The number of rotatable bonds is 8. The zero-order valence-corrected chi connectivity index (χ0v) is 17.6. The number of guanidine groups is 1. The highest BCUT2D eigenvalue weighted by molar-refractivity contribution is 6.30. The van der Waals surface area contributed by atoms with Crippen molar-refractivity contribution < 1.29 is 9.53 Å². The van der Waals surface area contributed by atoms with Gasteiger partial charge in [-0.1, -0.05) is 23.7 Å². The number of aliphatic imine (C=N–C) groups is 1. The van der Waals surface area contributed by atoms with Gasteiger partial charge in [0.15, 0.2) is 12.6 Å². The van der Waals surface area contributed by atoms with E-state index < -0.39 is 0 Å². The van der Waals surface area contributed by atoms with Crippen LogP contribution in [-0.2, 0) is 24.9 Å². The van der Waals surface area contributed by atoms with Crippen molar-refractivity contribution in [1.82, 2.24) is 20.1 Å². The highest BCUT2D eigenvalue weighted by atomic mass is 35.5. The van der Waals surface area contributed by atoms with Crippen molar-refractivity contribution >= 4 is 23.5 Å². The quantitative estimate of drug-likeness (QED) is 0.522. The predicted molar refractivity (Wildman–Crippen MR) is 113 cm³/mol. The van der Waals surface area contributed by atoms with Gasteiger partial charge in [-0.3, -0.25) is 9.79 Å². The first-order valence-corrected chi connectivity index (χ1v) is 9.51. The van der Waals surface area contributed by atoms with Crippen molar-refractivity contribution in [3.05, 3.63) is 52.8 Å². The maximum atomic E-state index is 11.5. The number of nitrogens with zero attached hydrogens (tertiary/aromatic N) is 3. The van der Waals surface area contributed by atoms with E-state index in [-0.39, 0.29) is 12.5 Å². The van der Waals surface area contributed by atoms with E-state index in [0.717, 1.165) is 22.2 Å². The van der Waals surface area contributed by atoms with E-state index in [9.17, 15) is 4.79 Å². The molecule has 0 bridgehead atoms. The number of nitrogens with one attached hydrogen (secondary N) is 2. The van der Waals surface area contributed by atoms with Crippen LogP contribution in [0.3, 0.4) is 0 Å². The second-order valence-electron chi connectivity index (χ2n) is 6.41. The Bertz CT molecular complexity index is 819. The minimum absolute atomic E-state index is 0.00829. The lowest BCUT2D eigenvalue weighted by atomic mass is 10.2. The molecule has 7 nitrogen and oxygen atoms in total. The summed E-state index contributed by atoms with van der Waals surface area (Å²) in [6, 6.07) is 9.60. The molecular weight excluding hydrogens is 378 g/mol. The molecule has 28 heavy (non-hydrogen) atoms. The van der Waals surface area contributed by atoms with Crippen LogP contribution >= 0.6 is 11.6 Å². The lowest BCUT2D eigenvalue weighted by molar-refractivity contribution is -0.122. The Kier molecular flexibility index (Phi) is 8.19. The molecule has 2 rings (SSSR count). The van der Waals surface area contributed by atoms with Gasteiger partial charge in [-0.15, -0.1) is 0 Å². The van der Waals surface area contributed by atoms with Gasteiger partial charge in [-0.05, 0) is 30.7 Å².